The minimum atomic E-state index is -0.380. The van der Waals surface area contributed by atoms with Gasteiger partial charge in [-0.2, -0.15) is 0 Å². The van der Waals surface area contributed by atoms with E-state index in [1.807, 2.05) is 33.2 Å². The first kappa shape index (κ1) is 14.1. The summed E-state index contributed by atoms with van der Waals surface area (Å²) in [6.45, 7) is 4.05. The van der Waals surface area contributed by atoms with E-state index in [2.05, 4.69) is 22.3 Å². The molecular weight excluding hydrogens is 260 g/mol. The smallest absolute Gasteiger partial charge is 0.257 e. The first-order chi connectivity index (χ1) is 8.97. The quantitative estimate of drug-likeness (QED) is 0.832. The molecule has 1 unspecified atom stereocenters. The molecule has 1 saturated heterocycles. The van der Waals surface area contributed by atoms with E-state index in [0.717, 1.165) is 12.3 Å². The van der Waals surface area contributed by atoms with Gasteiger partial charge in [0.2, 0.25) is 0 Å². The normalized spacial score (nSPS) is 22.2. The Morgan fingerprint density at radius 1 is 1.47 bits per heavy atom. The molecule has 0 saturated carbocycles. The summed E-state index contributed by atoms with van der Waals surface area (Å²) in [5.41, 5.74) is 0.850. The molecule has 19 heavy (non-hydrogen) atoms. The topological polar surface area (TPSA) is 33.7 Å². The first-order valence-corrected chi connectivity index (χ1v) is 6.71. The van der Waals surface area contributed by atoms with Gasteiger partial charge in [0.05, 0.1) is 6.54 Å². The molecule has 0 aliphatic carbocycles. The highest BCUT2D eigenvalue weighted by molar-refractivity contribution is 7.80. The van der Waals surface area contributed by atoms with Crippen LogP contribution in [0.2, 0.25) is 0 Å². The zero-order chi connectivity index (χ0) is 13.9. The van der Waals surface area contributed by atoms with E-state index in [4.69, 9.17) is 21.7 Å². The van der Waals surface area contributed by atoms with Gasteiger partial charge in [0, 0.05) is 6.54 Å². The lowest BCUT2D eigenvalue weighted by Crippen LogP contribution is -2.36. The molecule has 5 heteroatoms. The number of hydrogen-bond donors (Lipinski definition) is 1. The maximum Gasteiger partial charge on any atom is 0.257 e. The number of nitrogens with one attached hydrogen (secondary N) is 1. The Balaban J connectivity index is 1.94. The van der Waals surface area contributed by atoms with Gasteiger partial charge in [-0.1, -0.05) is 12.1 Å². The fourth-order valence-corrected chi connectivity index (χ4v) is 2.24. The van der Waals surface area contributed by atoms with E-state index in [-0.39, 0.29) is 5.60 Å². The van der Waals surface area contributed by atoms with Crippen LogP contribution in [0, 0.1) is 0 Å². The average molecular weight is 280 g/mol. The summed E-state index contributed by atoms with van der Waals surface area (Å²) >= 11 is 4.97. The minimum Gasteiger partial charge on any atom is -0.489 e. The third-order valence-corrected chi connectivity index (χ3v) is 3.11. The number of rotatable bonds is 5. The Morgan fingerprint density at radius 2 is 2.26 bits per heavy atom. The van der Waals surface area contributed by atoms with Gasteiger partial charge in [0.1, 0.15) is 12.4 Å². The van der Waals surface area contributed by atoms with E-state index in [0.29, 0.717) is 18.3 Å². The molecule has 1 fully saturated rings. The van der Waals surface area contributed by atoms with E-state index in [1.54, 1.807) is 0 Å². The highest BCUT2D eigenvalue weighted by Crippen LogP contribution is 2.20. The first-order valence-electron chi connectivity index (χ1n) is 6.30. The monoisotopic (exact) mass is 280 g/mol. The van der Waals surface area contributed by atoms with Gasteiger partial charge in [-0.3, -0.25) is 0 Å². The van der Waals surface area contributed by atoms with Gasteiger partial charge in [0.25, 0.3) is 5.17 Å². The molecule has 2 rings (SSSR count). The van der Waals surface area contributed by atoms with Crippen LogP contribution in [0.5, 0.6) is 5.75 Å². The zero-order valence-corrected chi connectivity index (χ0v) is 12.4. The fraction of sp³-hybridized carbons (Fsp3) is 0.500. The lowest BCUT2D eigenvalue weighted by Gasteiger charge is -2.22. The van der Waals surface area contributed by atoms with Gasteiger partial charge >= 0.3 is 0 Å². The molecule has 1 aromatic carbocycles. The van der Waals surface area contributed by atoms with Crippen LogP contribution in [0.4, 0.5) is 0 Å². The average Bonchev–Trinajstić information content (AvgIpc) is 2.67. The van der Waals surface area contributed by atoms with Crippen molar-refractivity contribution in [3.05, 3.63) is 29.8 Å². The standard InChI is InChI=1S/C14H20N2O2S/c1-14(9-15-13(19)18-14)10-17-12-6-4-5-11(7-12)8-16(2)3/h4-7H,8-10H2,1-3H3,(H,15,19). The molecule has 0 spiro atoms. The van der Waals surface area contributed by atoms with Crippen LogP contribution in [0.15, 0.2) is 24.3 Å². The zero-order valence-electron chi connectivity index (χ0n) is 11.6. The van der Waals surface area contributed by atoms with Crippen molar-refractivity contribution in [1.29, 1.82) is 0 Å². The third-order valence-electron chi connectivity index (χ3n) is 2.89. The minimum absolute atomic E-state index is 0.380. The molecule has 1 atom stereocenters. The predicted octanol–water partition coefficient (Wildman–Crippen LogP) is 1.79. The molecular formula is C14H20N2O2S. The number of thiocarbonyl (C=S) groups is 1. The Kier molecular flexibility index (Phi) is 4.27. The molecule has 1 N–H and O–H groups in total. The van der Waals surface area contributed by atoms with Crippen molar-refractivity contribution >= 4 is 17.4 Å². The molecule has 0 amide bonds. The molecule has 1 heterocycles. The van der Waals surface area contributed by atoms with Gasteiger partial charge in [0.15, 0.2) is 5.60 Å². The maximum atomic E-state index is 5.82. The molecule has 1 aliphatic heterocycles. The van der Waals surface area contributed by atoms with Gasteiger partial charge in [-0.25, -0.2) is 0 Å². The molecule has 0 radical (unpaired) electrons. The van der Waals surface area contributed by atoms with Crippen molar-refractivity contribution in [2.75, 3.05) is 27.2 Å². The summed E-state index contributed by atoms with van der Waals surface area (Å²) in [6, 6.07) is 8.12. The van der Waals surface area contributed by atoms with Crippen LogP contribution >= 0.6 is 12.2 Å². The molecule has 4 nitrogen and oxygen atoms in total. The second kappa shape index (κ2) is 5.75. The highest BCUT2D eigenvalue weighted by Gasteiger charge is 2.34. The summed E-state index contributed by atoms with van der Waals surface area (Å²) < 4.78 is 11.4. The highest BCUT2D eigenvalue weighted by atomic mass is 32.1. The molecule has 0 bridgehead atoms. The van der Waals surface area contributed by atoms with Gasteiger partial charge in [-0.05, 0) is 50.9 Å². The van der Waals surface area contributed by atoms with Gasteiger partial charge in [-0.15, -0.1) is 0 Å². The van der Waals surface area contributed by atoms with Crippen LogP contribution in [-0.2, 0) is 11.3 Å². The van der Waals surface area contributed by atoms with Crippen molar-refractivity contribution < 1.29 is 9.47 Å². The van der Waals surface area contributed by atoms with Crippen molar-refractivity contribution in [2.24, 2.45) is 0 Å². The van der Waals surface area contributed by atoms with Crippen LogP contribution < -0.4 is 10.1 Å². The Hall–Kier alpha value is -1.33. The molecule has 1 aromatic rings. The van der Waals surface area contributed by atoms with Crippen molar-refractivity contribution in [3.63, 3.8) is 0 Å². The third kappa shape index (κ3) is 4.08. The van der Waals surface area contributed by atoms with Crippen molar-refractivity contribution in [2.45, 2.75) is 19.1 Å². The van der Waals surface area contributed by atoms with E-state index in [1.165, 1.54) is 5.56 Å². The summed E-state index contributed by atoms with van der Waals surface area (Å²) in [5.74, 6) is 0.863. The fourth-order valence-electron chi connectivity index (χ4n) is 1.97. The SMILES string of the molecule is CN(C)Cc1cccc(OCC2(C)CNC(=S)O2)c1. The molecule has 0 aromatic heterocycles. The summed E-state index contributed by atoms with van der Waals surface area (Å²) in [6.07, 6.45) is 0. The van der Waals surface area contributed by atoms with E-state index in [9.17, 15) is 0 Å². The summed E-state index contributed by atoms with van der Waals surface area (Å²) in [7, 11) is 4.10. The Morgan fingerprint density at radius 3 is 2.89 bits per heavy atom. The number of hydrogen-bond acceptors (Lipinski definition) is 4. The van der Waals surface area contributed by atoms with Crippen molar-refractivity contribution in [3.8, 4) is 5.75 Å². The van der Waals surface area contributed by atoms with Gasteiger partial charge < -0.3 is 19.7 Å². The molecule has 1 aliphatic rings. The Labute approximate surface area is 119 Å². The van der Waals surface area contributed by atoms with Crippen LogP contribution in [0.1, 0.15) is 12.5 Å². The second-order valence-corrected chi connectivity index (χ2v) is 5.74. The summed E-state index contributed by atoms with van der Waals surface area (Å²) in [4.78, 5) is 2.13. The van der Waals surface area contributed by atoms with Crippen LogP contribution in [0.25, 0.3) is 0 Å². The number of ether oxygens (including phenoxy) is 2. The molecule has 104 valence electrons. The maximum absolute atomic E-state index is 5.82. The van der Waals surface area contributed by atoms with Crippen LogP contribution in [-0.4, -0.2) is 42.9 Å². The van der Waals surface area contributed by atoms with Crippen LogP contribution in [0.3, 0.4) is 0 Å². The number of benzene rings is 1. The lowest BCUT2D eigenvalue weighted by molar-refractivity contribution is 0.0572. The van der Waals surface area contributed by atoms with E-state index < -0.39 is 0 Å². The van der Waals surface area contributed by atoms with Crippen molar-refractivity contribution in [1.82, 2.24) is 10.2 Å². The van der Waals surface area contributed by atoms with E-state index >= 15 is 0 Å². The largest absolute Gasteiger partial charge is 0.489 e. The second-order valence-electron chi connectivity index (χ2n) is 5.37. The predicted molar refractivity (Wildman–Crippen MR) is 79.4 cm³/mol. The summed E-state index contributed by atoms with van der Waals surface area (Å²) in [5, 5.41) is 3.46. The lowest BCUT2D eigenvalue weighted by atomic mass is 10.1. The number of nitrogens with zero attached hydrogens (tertiary/aromatic N) is 1. The Bertz CT molecular complexity index is 465.